The van der Waals surface area contributed by atoms with Crippen molar-refractivity contribution in [2.45, 2.75) is 6.42 Å². The molecule has 0 heterocycles. The van der Waals surface area contributed by atoms with Crippen molar-refractivity contribution in [3.05, 3.63) is 0 Å². The summed E-state index contributed by atoms with van der Waals surface area (Å²) in [5.41, 5.74) is 0. The average Bonchev–Trinajstić information content (AvgIpc) is 1.59. The van der Waals surface area contributed by atoms with Crippen LogP contribution in [-0.2, 0) is 13.6 Å². The second kappa shape index (κ2) is 3.67. The Labute approximate surface area is 58.9 Å². The lowest BCUT2D eigenvalue weighted by Crippen LogP contribution is -2.04. The van der Waals surface area contributed by atoms with Gasteiger partial charge in [-0.25, -0.2) is 0 Å². The molecule has 0 amide bonds. The highest BCUT2D eigenvalue weighted by Gasteiger charge is 2.19. The van der Waals surface area contributed by atoms with Gasteiger partial charge >= 0.3 is 9.43 Å². The maximum atomic E-state index is 10.2. The molecule has 0 fully saturated rings. The Morgan fingerprint density at radius 3 is 2.25 bits per heavy atom. The van der Waals surface area contributed by atoms with Crippen molar-refractivity contribution in [3.8, 4) is 0 Å². The van der Waals surface area contributed by atoms with Crippen LogP contribution in [0.5, 0.6) is 0 Å². The van der Waals surface area contributed by atoms with Crippen LogP contribution in [0.15, 0.2) is 0 Å². The third-order valence-corrected chi connectivity index (χ3v) is 2.05. The first-order valence-electron chi connectivity index (χ1n) is 2.06. The summed E-state index contributed by atoms with van der Waals surface area (Å²) in [4.78, 5) is 0. The lowest BCUT2D eigenvalue weighted by atomic mass is 10.6. The van der Waals surface area contributed by atoms with E-state index in [9.17, 15) is 4.21 Å². The highest BCUT2D eigenvalue weighted by Crippen LogP contribution is 2.06. The normalized spacial score (nSPS) is 17.9. The van der Waals surface area contributed by atoms with Crippen molar-refractivity contribution in [1.82, 2.24) is 0 Å². The fraction of sp³-hybridized carbons (Fsp3) is 1.00. The van der Waals surface area contributed by atoms with Crippen LogP contribution >= 0.6 is 22.3 Å². The SMILES string of the molecule is O=[S+](O)(Cl)CCCCl. The zero-order chi connectivity index (χ0) is 6.62. The molecule has 5 heteroatoms. The van der Waals surface area contributed by atoms with E-state index in [1.807, 2.05) is 0 Å². The quantitative estimate of drug-likeness (QED) is 0.406. The minimum atomic E-state index is -3.05. The summed E-state index contributed by atoms with van der Waals surface area (Å²) in [5.74, 6) is 0.461. The molecule has 0 bridgehead atoms. The molecule has 1 atom stereocenters. The first-order chi connectivity index (χ1) is 3.56. The first-order valence-corrected chi connectivity index (χ1v) is 5.10. The number of halogens is 2. The van der Waals surface area contributed by atoms with E-state index in [0.29, 0.717) is 12.3 Å². The molecule has 0 aromatic carbocycles. The van der Waals surface area contributed by atoms with E-state index >= 15 is 0 Å². The Kier molecular flexibility index (Phi) is 3.98. The molecule has 0 aliphatic rings. The Bertz CT molecular complexity index is 99.5. The van der Waals surface area contributed by atoms with Gasteiger partial charge in [0.05, 0.1) is 0 Å². The van der Waals surface area contributed by atoms with Gasteiger partial charge in [-0.05, 0) is 4.21 Å². The Hall–Kier alpha value is 0.690. The molecule has 0 radical (unpaired) electrons. The lowest BCUT2D eigenvalue weighted by molar-refractivity contribution is 0.512. The van der Waals surface area contributed by atoms with Gasteiger partial charge < -0.3 is 0 Å². The minimum Gasteiger partial charge on any atom is -0.170 e. The highest BCUT2D eigenvalue weighted by atomic mass is 35.7. The second-order valence-corrected chi connectivity index (χ2v) is 4.67. The Balaban J connectivity index is 3.26. The van der Waals surface area contributed by atoms with Crippen molar-refractivity contribution >= 4 is 31.7 Å². The Morgan fingerprint density at radius 2 is 2.12 bits per heavy atom. The van der Waals surface area contributed by atoms with Crippen molar-refractivity contribution in [1.29, 1.82) is 0 Å². The summed E-state index contributed by atoms with van der Waals surface area (Å²) >= 11 is 5.21. The van der Waals surface area contributed by atoms with Crippen LogP contribution in [0.2, 0.25) is 0 Å². The van der Waals surface area contributed by atoms with Gasteiger partial charge in [0.25, 0.3) is 0 Å². The number of rotatable bonds is 3. The molecule has 0 aliphatic carbocycles. The summed E-state index contributed by atoms with van der Waals surface area (Å²) in [6, 6.07) is 0. The van der Waals surface area contributed by atoms with Crippen molar-refractivity contribution in [2.24, 2.45) is 0 Å². The van der Waals surface area contributed by atoms with Gasteiger partial charge in [0.1, 0.15) is 0 Å². The molecular weight excluding hydrogens is 171 g/mol. The summed E-state index contributed by atoms with van der Waals surface area (Å²) in [7, 11) is 1.89. The molecule has 50 valence electrons. The van der Waals surface area contributed by atoms with Gasteiger partial charge in [0, 0.05) is 12.3 Å². The van der Waals surface area contributed by atoms with Crippen molar-refractivity contribution in [3.63, 3.8) is 0 Å². The highest BCUT2D eigenvalue weighted by molar-refractivity contribution is 8.19. The zero-order valence-corrected chi connectivity index (χ0v) is 6.47. The summed E-state index contributed by atoms with van der Waals surface area (Å²) < 4.78 is 18.6. The first kappa shape index (κ1) is 8.69. The van der Waals surface area contributed by atoms with Crippen LogP contribution in [0.4, 0.5) is 0 Å². The Morgan fingerprint density at radius 1 is 1.62 bits per heavy atom. The van der Waals surface area contributed by atoms with Gasteiger partial charge in [-0.3, -0.25) is 0 Å². The molecule has 0 aromatic rings. The van der Waals surface area contributed by atoms with Crippen LogP contribution in [0.1, 0.15) is 6.42 Å². The summed E-state index contributed by atoms with van der Waals surface area (Å²) in [5, 5.41) is 0. The fourth-order valence-electron chi connectivity index (χ4n) is 0.233. The standard InChI is InChI=1S/C3H6Cl2O2S/c4-2-1-3-8(5,6)7/h1-3H2/p+1. The second-order valence-electron chi connectivity index (χ2n) is 1.31. The summed E-state index contributed by atoms with van der Waals surface area (Å²) in [6.45, 7) is 0. The predicted octanol–water partition coefficient (Wildman–Crippen LogP) is 1.74. The smallest absolute Gasteiger partial charge is 0.170 e. The van der Waals surface area contributed by atoms with E-state index in [0.717, 1.165) is 0 Å². The molecule has 0 saturated carbocycles. The van der Waals surface area contributed by atoms with Crippen molar-refractivity contribution < 1.29 is 8.76 Å². The van der Waals surface area contributed by atoms with Crippen molar-refractivity contribution in [2.75, 3.05) is 11.6 Å². The summed E-state index contributed by atoms with van der Waals surface area (Å²) in [6.07, 6.45) is 0.486. The predicted molar refractivity (Wildman–Crippen MR) is 36.7 cm³/mol. The van der Waals surface area contributed by atoms with E-state index in [1.165, 1.54) is 0 Å². The molecule has 0 aromatic heterocycles. The van der Waals surface area contributed by atoms with Crippen LogP contribution < -0.4 is 0 Å². The molecule has 8 heavy (non-hydrogen) atoms. The van der Waals surface area contributed by atoms with Gasteiger partial charge in [0.2, 0.25) is 10.7 Å². The van der Waals surface area contributed by atoms with Crippen LogP contribution in [0.25, 0.3) is 0 Å². The van der Waals surface area contributed by atoms with Gasteiger partial charge in [-0.1, -0.05) is 0 Å². The lowest BCUT2D eigenvalue weighted by Gasteiger charge is -1.88. The van der Waals surface area contributed by atoms with Crippen LogP contribution in [0.3, 0.4) is 0 Å². The van der Waals surface area contributed by atoms with E-state index in [-0.39, 0.29) is 5.75 Å². The average molecular weight is 178 g/mol. The molecule has 1 unspecified atom stereocenters. The third kappa shape index (κ3) is 6.69. The maximum absolute atomic E-state index is 10.2. The van der Waals surface area contributed by atoms with Crippen LogP contribution in [0, 0.1) is 0 Å². The van der Waals surface area contributed by atoms with E-state index < -0.39 is 9.43 Å². The third-order valence-electron chi connectivity index (χ3n) is 0.530. The molecule has 0 spiro atoms. The number of hydrogen-bond donors (Lipinski definition) is 1. The molecule has 0 rings (SSSR count). The fourth-order valence-corrected chi connectivity index (χ4v) is 1.35. The van der Waals surface area contributed by atoms with E-state index in [2.05, 4.69) is 0 Å². The molecule has 0 aliphatic heterocycles. The monoisotopic (exact) mass is 177 g/mol. The van der Waals surface area contributed by atoms with Gasteiger partial charge in [-0.2, -0.15) is 4.55 Å². The minimum absolute atomic E-state index is 0.0814. The van der Waals surface area contributed by atoms with Gasteiger partial charge in [0.15, 0.2) is 5.75 Å². The van der Waals surface area contributed by atoms with E-state index in [4.69, 9.17) is 26.8 Å². The number of hydrogen-bond acceptors (Lipinski definition) is 1. The van der Waals surface area contributed by atoms with Gasteiger partial charge in [-0.15, -0.1) is 11.6 Å². The molecule has 1 N–H and O–H groups in total. The molecular formula is C3H7Cl2O2S+. The molecule has 0 saturated heterocycles. The topological polar surface area (TPSA) is 37.3 Å². The van der Waals surface area contributed by atoms with Crippen LogP contribution in [-0.4, -0.2) is 16.2 Å². The molecule has 2 nitrogen and oxygen atoms in total. The maximum Gasteiger partial charge on any atom is 0.313 e. The zero-order valence-electron chi connectivity index (χ0n) is 4.14. The largest absolute Gasteiger partial charge is 0.313 e. The van der Waals surface area contributed by atoms with E-state index in [1.54, 1.807) is 0 Å². The number of alkyl halides is 1.